The van der Waals surface area contributed by atoms with Crippen molar-refractivity contribution in [2.75, 3.05) is 44.2 Å². The number of H-pyrrole nitrogens is 1. The number of unbranched alkanes of at least 4 members (excludes halogenated alkanes) is 2. The fourth-order valence-electron chi connectivity index (χ4n) is 12.7. The zero-order chi connectivity index (χ0) is 90.0. The van der Waals surface area contributed by atoms with Crippen molar-refractivity contribution in [1.29, 1.82) is 5.41 Å². The number of hydrogen-bond donors (Lipinski definition) is 24. The van der Waals surface area contributed by atoms with E-state index < -0.39 is 228 Å². The number of guanidine groups is 1. The van der Waals surface area contributed by atoms with Gasteiger partial charge in [-0.05, 0) is 125 Å². The van der Waals surface area contributed by atoms with Crippen molar-refractivity contribution < 1.29 is 81.5 Å². The summed E-state index contributed by atoms with van der Waals surface area (Å²) in [6, 6.07) is -4.20. The van der Waals surface area contributed by atoms with Crippen LogP contribution in [0.3, 0.4) is 0 Å². The molecule has 31 N–H and O–H groups in total. The summed E-state index contributed by atoms with van der Waals surface area (Å²) < 4.78 is 0. The number of aromatic amines is 1. The van der Waals surface area contributed by atoms with Crippen LogP contribution in [0.25, 0.3) is 10.9 Å². The first-order valence-corrected chi connectivity index (χ1v) is 43.0. The van der Waals surface area contributed by atoms with Crippen molar-refractivity contribution in [3.63, 3.8) is 0 Å². The quantitative estimate of drug-likeness (QED) is 0.0129. The highest BCUT2D eigenvalue weighted by molar-refractivity contribution is 8.76. The molecule has 2 aromatic carbocycles. The number of primary amides is 3. The van der Waals surface area contributed by atoms with Crippen LogP contribution in [0.4, 0.5) is 0 Å². The van der Waals surface area contributed by atoms with Gasteiger partial charge in [-0.15, -0.1) is 0 Å². The standard InChI is InChI=1S/C78H124N24O17S2/c1-8-43(6)64-77(119)95-50(24-14-16-30-79)68(110)93-53(28-29-59(82)104)70(112)99-57(65(84)107)39-120-121-40-58(90-44(7)103)74(116)92-52(27-19-33-87-78(85)86)69(111)96-54(34-45-20-10-9-11-21-45)72(114)101-62(41(2)3)75(117)94-51(25-15-17-31-80)71(113)100-63(42(4)5)76(118)98-56(36-60(83)105)66(108)89-38-61(106)91-49(26-18-32-81)67(109)97-55(73(115)102-64)35-46-37-88-48-23-13-12-22-47(46)48/h9-13,20-23,37,41-43,49-58,62-64,88H,8,14-19,24-36,38-40,79-81H2,1-7H3,(H2,82,104)(H2,83,105)(H2,84,107)(H,89,108)(H,90,103)(H,91,106)(H,92,116)(H,93,110)(H,94,117)(H,95,119)(H,96,111)(H,97,109)(H,98,118)(H,99,112)(H,100,113)(H,101,114)(H,102,115)(H4,85,86,87)/t43-,49-,50-,51-,52-,53-,54-,55-,56-,57-,58-,62-,63-,64-/m0/s1. The number of nitrogens with one attached hydrogen (secondary N) is 17. The first-order valence-electron chi connectivity index (χ1n) is 40.5. The molecule has 14 atom stereocenters. The molecule has 0 bridgehead atoms. The topological polar surface area (TPSA) is 692 Å². The van der Waals surface area contributed by atoms with Crippen molar-refractivity contribution >= 4 is 139 Å². The summed E-state index contributed by atoms with van der Waals surface area (Å²) in [5.74, 6) is -19.3. The number of benzene rings is 2. The molecule has 0 radical (unpaired) electrons. The highest BCUT2D eigenvalue weighted by atomic mass is 33.1. The van der Waals surface area contributed by atoms with Crippen LogP contribution in [-0.2, 0) is 94.3 Å². The second kappa shape index (κ2) is 53.5. The lowest BCUT2D eigenvalue weighted by molar-refractivity contribution is -0.137. The average molecular weight is 1730 g/mol. The van der Waals surface area contributed by atoms with E-state index in [1.165, 1.54) is 0 Å². The molecule has 0 saturated carbocycles. The lowest BCUT2D eigenvalue weighted by Crippen LogP contribution is -2.62. The number of fused-ring (bicyclic) bond motifs is 1. The molecular formula is C78H124N24O17S2. The number of hydrogen-bond acceptors (Lipinski definition) is 23. The number of para-hydroxylation sites is 1. The highest BCUT2D eigenvalue weighted by Gasteiger charge is 2.40. The van der Waals surface area contributed by atoms with Crippen molar-refractivity contribution in [3.05, 3.63) is 71.9 Å². The van der Waals surface area contributed by atoms with Crippen LogP contribution in [-0.4, -0.2) is 234 Å². The Morgan fingerprint density at radius 3 is 1.44 bits per heavy atom. The lowest BCUT2D eigenvalue weighted by Gasteiger charge is -2.30. The molecule has 3 aromatic rings. The van der Waals surface area contributed by atoms with Crippen LogP contribution in [0.15, 0.2) is 60.8 Å². The number of carbonyl (C=O) groups excluding carboxylic acids is 17. The molecule has 1 aliphatic heterocycles. The summed E-state index contributed by atoms with van der Waals surface area (Å²) in [5.41, 5.74) is 41.9. The first kappa shape index (κ1) is 102. The lowest BCUT2D eigenvalue weighted by atomic mass is 9.96. The second-order valence-electron chi connectivity index (χ2n) is 30.3. The van der Waals surface area contributed by atoms with E-state index in [2.05, 4.69) is 84.7 Å². The molecular weight excluding hydrogens is 1610 g/mol. The van der Waals surface area contributed by atoms with E-state index in [4.69, 9.17) is 45.5 Å². The molecule has 670 valence electrons. The SMILES string of the molecule is CC[C@H](C)[C@@H]1NC(=O)[C@H](Cc2c[nH]c3ccccc23)NC(=O)[C@H](CCCN)NC(=O)CNC(=O)[C@H](CC(N)=O)NC(=O)[C@H](C(C)C)NC(=O)[C@H](CCCCN)NC(=O)[C@H](C(C)C)NC(=O)[C@H](Cc2ccccc2)NC(=O)[C@H](CCCNC(=N)N)NC(=O)[C@@H](NC(C)=O)CSSC[C@@H](C(N)=O)NC(=O)[C@H](CCC(N)=O)NC(=O)[C@H](CCCCN)NC1=O. The van der Waals surface area contributed by atoms with Crippen LogP contribution >= 0.6 is 21.6 Å². The molecule has 121 heavy (non-hydrogen) atoms. The van der Waals surface area contributed by atoms with Gasteiger partial charge >= 0.3 is 0 Å². The van der Waals surface area contributed by atoms with Gasteiger partial charge in [0.2, 0.25) is 100 Å². The molecule has 43 heteroatoms. The first-order chi connectivity index (χ1) is 57.4. The van der Waals surface area contributed by atoms with Gasteiger partial charge in [0, 0.05) is 61.3 Å². The number of rotatable bonds is 30. The van der Waals surface area contributed by atoms with Gasteiger partial charge in [0.1, 0.15) is 78.5 Å². The van der Waals surface area contributed by atoms with Gasteiger partial charge in [0.25, 0.3) is 0 Å². The molecule has 4 rings (SSSR count). The number of aromatic nitrogens is 1. The van der Waals surface area contributed by atoms with Crippen LogP contribution in [0, 0.1) is 23.2 Å². The Balaban J connectivity index is 1.89. The van der Waals surface area contributed by atoms with E-state index in [0.717, 1.165) is 28.5 Å². The van der Waals surface area contributed by atoms with Gasteiger partial charge in [-0.3, -0.25) is 86.9 Å². The molecule has 0 unspecified atom stereocenters. The van der Waals surface area contributed by atoms with Gasteiger partial charge in [-0.2, -0.15) is 0 Å². The van der Waals surface area contributed by atoms with Gasteiger partial charge in [-0.25, -0.2) is 0 Å². The number of amides is 17. The summed E-state index contributed by atoms with van der Waals surface area (Å²) in [6.45, 7) is 10.2. The monoisotopic (exact) mass is 1730 g/mol. The molecule has 0 aliphatic carbocycles. The summed E-state index contributed by atoms with van der Waals surface area (Å²) in [5, 5.41) is 47.5. The summed E-state index contributed by atoms with van der Waals surface area (Å²) >= 11 is 0. The zero-order valence-electron chi connectivity index (χ0n) is 69.6. The third-order valence-corrected chi connectivity index (χ3v) is 22.2. The highest BCUT2D eigenvalue weighted by Crippen LogP contribution is 2.25. The molecule has 1 aromatic heterocycles. The van der Waals surface area contributed by atoms with E-state index in [0.29, 0.717) is 34.9 Å². The van der Waals surface area contributed by atoms with Crippen LogP contribution in [0.5, 0.6) is 0 Å². The average Bonchev–Trinajstić information content (AvgIpc) is 1.67. The Bertz CT molecular complexity index is 4030. The molecule has 2 heterocycles. The van der Waals surface area contributed by atoms with Crippen molar-refractivity contribution in [2.24, 2.45) is 57.9 Å². The van der Waals surface area contributed by atoms with Crippen LogP contribution < -0.4 is 120 Å². The fraction of sp³-hybridized carbons (Fsp3) is 0.590. The minimum absolute atomic E-state index is 0.0101. The maximum atomic E-state index is 15.1. The van der Waals surface area contributed by atoms with E-state index in [9.17, 15) is 76.7 Å². The molecule has 17 amide bonds. The second-order valence-corrected chi connectivity index (χ2v) is 32.8. The largest absolute Gasteiger partial charge is 0.370 e. The van der Waals surface area contributed by atoms with E-state index >= 15 is 4.79 Å². The van der Waals surface area contributed by atoms with Crippen LogP contribution in [0.2, 0.25) is 0 Å². The van der Waals surface area contributed by atoms with Crippen molar-refractivity contribution in [1.82, 2.24) is 84.7 Å². The van der Waals surface area contributed by atoms with Crippen molar-refractivity contribution in [2.45, 2.75) is 230 Å². The van der Waals surface area contributed by atoms with Gasteiger partial charge < -0.3 is 125 Å². The predicted octanol–water partition coefficient (Wildman–Crippen LogP) is -4.97. The minimum Gasteiger partial charge on any atom is -0.370 e. The molecule has 0 spiro atoms. The zero-order valence-corrected chi connectivity index (χ0v) is 71.2. The van der Waals surface area contributed by atoms with E-state index in [1.807, 2.05) is 0 Å². The Hall–Kier alpha value is -11.2. The normalized spacial score (nSPS) is 23.9. The fourth-order valence-corrected chi connectivity index (χ4v) is 15.1. The summed E-state index contributed by atoms with van der Waals surface area (Å²) in [7, 11) is 1.82. The van der Waals surface area contributed by atoms with Gasteiger partial charge in [-0.1, -0.05) is 118 Å². The number of carbonyl (C=O) groups is 17. The Morgan fingerprint density at radius 1 is 0.471 bits per heavy atom. The van der Waals surface area contributed by atoms with Crippen molar-refractivity contribution in [3.8, 4) is 0 Å². The maximum Gasteiger partial charge on any atom is 0.244 e. The molecule has 1 saturated heterocycles. The molecule has 41 nitrogen and oxygen atoms in total. The van der Waals surface area contributed by atoms with E-state index in [1.54, 1.807) is 102 Å². The third-order valence-electron chi connectivity index (χ3n) is 19.7. The van der Waals surface area contributed by atoms with Gasteiger partial charge in [0.05, 0.1) is 13.0 Å². The smallest absolute Gasteiger partial charge is 0.244 e. The number of nitrogens with two attached hydrogens (primary N) is 7. The molecule has 1 aliphatic rings. The molecule has 1 fully saturated rings. The van der Waals surface area contributed by atoms with Gasteiger partial charge in [0.15, 0.2) is 5.96 Å². The maximum absolute atomic E-state index is 15.1. The summed E-state index contributed by atoms with van der Waals surface area (Å²) in [6.07, 6.45) is 0.588. The predicted molar refractivity (Wildman–Crippen MR) is 455 cm³/mol. The minimum atomic E-state index is -1.79. The third kappa shape index (κ3) is 36.4. The Labute approximate surface area is 710 Å². The summed E-state index contributed by atoms with van der Waals surface area (Å²) in [4.78, 5) is 244. The Kier molecular flexibility index (Phi) is 45.1. The van der Waals surface area contributed by atoms with E-state index in [-0.39, 0.29) is 108 Å². The Morgan fingerprint density at radius 2 is 0.917 bits per heavy atom. The van der Waals surface area contributed by atoms with Crippen LogP contribution in [0.1, 0.15) is 149 Å².